The fourth-order valence-electron chi connectivity index (χ4n) is 0.873. The number of thioether (sulfide) groups is 1. The van der Waals surface area contributed by atoms with Crippen LogP contribution in [0.25, 0.3) is 0 Å². The van der Waals surface area contributed by atoms with Crippen LogP contribution in [0.1, 0.15) is 20.3 Å². The highest BCUT2D eigenvalue weighted by molar-refractivity contribution is 8.00. The third-order valence-corrected chi connectivity index (χ3v) is 2.78. The van der Waals surface area contributed by atoms with Gasteiger partial charge >= 0.3 is 5.97 Å². The van der Waals surface area contributed by atoms with E-state index >= 15 is 0 Å². The lowest BCUT2D eigenvalue weighted by Gasteiger charge is -2.06. The molecule has 0 aliphatic rings. The summed E-state index contributed by atoms with van der Waals surface area (Å²) in [5.41, 5.74) is 5.42. The molecule has 0 aliphatic heterocycles. The fourth-order valence-corrected chi connectivity index (χ4v) is 1.71. The third kappa shape index (κ3) is 8.13. The van der Waals surface area contributed by atoms with Crippen molar-refractivity contribution in [2.45, 2.75) is 25.5 Å². The molecule has 0 spiro atoms. The van der Waals surface area contributed by atoms with E-state index in [1.165, 1.54) is 6.08 Å². The minimum atomic E-state index is -0.264. The lowest BCUT2D eigenvalue weighted by molar-refractivity contribution is -0.137. The van der Waals surface area contributed by atoms with Crippen molar-refractivity contribution in [3.8, 4) is 0 Å². The van der Waals surface area contributed by atoms with Gasteiger partial charge in [0.1, 0.15) is 0 Å². The molecule has 1 atom stereocenters. The Balaban J connectivity index is 3.47. The standard InChI is InChI=1S/C10H19NO2S/c1-3-13-10(12)5-4-8-14-9(2)6-7-11/h4-5,9H,3,6-8,11H2,1-2H3/b5-4+. The molecule has 4 heteroatoms. The highest BCUT2D eigenvalue weighted by Gasteiger charge is 1.99. The Morgan fingerprint density at radius 2 is 2.36 bits per heavy atom. The van der Waals surface area contributed by atoms with E-state index in [2.05, 4.69) is 6.92 Å². The number of hydrogen-bond donors (Lipinski definition) is 1. The molecule has 0 aromatic heterocycles. The van der Waals surface area contributed by atoms with Crippen molar-refractivity contribution in [3.63, 3.8) is 0 Å². The zero-order chi connectivity index (χ0) is 10.8. The lowest BCUT2D eigenvalue weighted by Crippen LogP contribution is -2.07. The molecule has 0 heterocycles. The third-order valence-electron chi connectivity index (χ3n) is 1.59. The summed E-state index contributed by atoms with van der Waals surface area (Å²) >= 11 is 1.79. The molecule has 0 radical (unpaired) electrons. The average molecular weight is 217 g/mol. The van der Waals surface area contributed by atoms with Crippen LogP contribution in [0.2, 0.25) is 0 Å². The van der Waals surface area contributed by atoms with E-state index in [-0.39, 0.29) is 5.97 Å². The summed E-state index contributed by atoms with van der Waals surface area (Å²) in [6.45, 7) is 5.08. The zero-order valence-corrected chi connectivity index (χ0v) is 9.68. The van der Waals surface area contributed by atoms with Crippen LogP contribution < -0.4 is 5.73 Å². The van der Waals surface area contributed by atoms with Gasteiger partial charge in [0.15, 0.2) is 0 Å². The summed E-state index contributed by atoms with van der Waals surface area (Å²) in [6.07, 6.45) is 4.32. The highest BCUT2D eigenvalue weighted by atomic mass is 32.2. The first-order valence-electron chi connectivity index (χ1n) is 4.85. The van der Waals surface area contributed by atoms with Gasteiger partial charge in [0, 0.05) is 17.1 Å². The second-order valence-corrected chi connectivity index (χ2v) is 4.35. The smallest absolute Gasteiger partial charge is 0.330 e. The summed E-state index contributed by atoms with van der Waals surface area (Å²) in [6, 6.07) is 0. The predicted octanol–water partition coefficient (Wildman–Crippen LogP) is 1.58. The van der Waals surface area contributed by atoms with Crippen molar-refractivity contribution in [2.75, 3.05) is 18.9 Å². The van der Waals surface area contributed by atoms with Gasteiger partial charge in [-0.3, -0.25) is 0 Å². The van der Waals surface area contributed by atoms with E-state index in [0.717, 1.165) is 18.7 Å². The quantitative estimate of drug-likeness (QED) is 0.519. The molecule has 0 amide bonds. The van der Waals surface area contributed by atoms with Gasteiger partial charge in [0.2, 0.25) is 0 Å². The van der Waals surface area contributed by atoms with E-state index < -0.39 is 0 Å². The Hall–Kier alpha value is -0.480. The van der Waals surface area contributed by atoms with Crippen molar-refractivity contribution in [1.29, 1.82) is 0 Å². The maximum absolute atomic E-state index is 10.9. The zero-order valence-electron chi connectivity index (χ0n) is 8.86. The number of carbonyl (C=O) groups is 1. The molecule has 0 aliphatic carbocycles. The van der Waals surface area contributed by atoms with Crippen molar-refractivity contribution in [1.82, 2.24) is 0 Å². The number of nitrogens with two attached hydrogens (primary N) is 1. The molecule has 0 fully saturated rings. The Morgan fingerprint density at radius 1 is 1.64 bits per heavy atom. The van der Waals surface area contributed by atoms with Gasteiger partial charge in [-0.1, -0.05) is 13.0 Å². The van der Waals surface area contributed by atoms with Crippen LogP contribution in [-0.4, -0.2) is 30.1 Å². The van der Waals surface area contributed by atoms with Gasteiger partial charge < -0.3 is 10.5 Å². The molecule has 0 saturated carbocycles. The first kappa shape index (κ1) is 13.5. The van der Waals surface area contributed by atoms with Crippen molar-refractivity contribution in [2.24, 2.45) is 5.73 Å². The Labute approximate surface area is 90.1 Å². The number of hydrogen-bond acceptors (Lipinski definition) is 4. The van der Waals surface area contributed by atoms with Crippen molar-refractivity contribution >= 4 is 17.7 Å². The lowest BCUT2D eigenvalue weighted by atomic mass is 10.3. The molecule has 1 unspecified atom stereocenters. The number of ether oxygens (including phenoxy) is 1. The molecule has 82 valence electrons. The SMILES string of the molecule is CCOC(=O)/C=C/CSC(C)CCN. The van der Waals surface area contributed by atoms with Crippen LogP contribution >= 0.6 is 11.8 Å². The molecule has 0 bridgehead atoms. The molecular formula is C10H19NO2S. The summed E-state index contributed by atoms with van der Waals surface area (Å²) in [4.78, 5) is 10.9. The normalized spacial score (nSPS) is 13.1. The Bertz CT molecular complexity index is 183. The minimum Gasteiger partial charge on any atom is -0.463 e. The highest BCUT2D eigenvalue weighted by Crippen LogP contribution is 2.12. The number of rotatable bonds is 7. The van der Waals surface area contributed by atoms with Crippen LogP contribution in [0.4, 0.5) is 0 Å². The Kier molecular flexibility index (Phi) is 8.78. The van der Waals surface area contributed by atoms with Gasteiger partial charge in [-0.25, -0.2) is 4.79 Å². The summed E-state index contributed by atoms with van der Waals surface area (Å²) in [5, 5.41) is 0.548. The van der Waals surface area contributed by atoms with Gasteiger partial charge in [0.25, 0.3) is 0 Å². The molecular weight excluding hydrogens is 198 g/mol. The molecule has 0 aromatic rings. The maximum atomic E-state index is 10.9. The molecule has 3 nitrogen and oxygen atoms in total. The molecule has 0 rings (SSSR count). The van der Waals surface area contributed by atoms with E-state index in [9.17, 15) is 4.79 Å². The average Bonchev–Trinajstić information content (AvgIpc) is 2.13. The van der Waals surface area contributed by atoms with E-state index in [0.29, 0.717) is 11.9 Å². The first-order chi connectivity index (χ1) is 6.70. The molecule has 0 saturated heterocycles. The van der Waals surface area contributed by atoms with Gasteiger partial charge in [-0.2, -0.15) is 11.8 Å². The molecule has 14 heavy (non-hydrogen) atoms. The predicted molar refractivity (Wildman–Crippen MR) is 61.4 cm³/mol. The topological polar surface area (TPSA) is 52.3 Å². The van der Waals surface area contributed by atoms with Crippen LogP contribution in [-0.2, 0) is 9.53 Å². The summed E-state index contributed by atoms with van der Waals surface area (Å²) < 4.78 is 4.74. The molecule has 0 aromatic carbocycles. The van der Waals surface area contributed by atoms with Gasteiger partial charge in [0.05, 0.1) is 6.61 Å². The van der Waals surface area contributed by atoms with Gasteiger partial charge in [-0.05, 0) is 19.9 Å². The number of esters is 1. The first-order valence-corrected chi connectivity index (χ1v) is 5.90. The maximum Gasteiger partial charge on any atom is 0.330 e. The van der Waals surface area contributed by atoms with E-state index in [1.807, 2.05) is 6.08 Å². The molecule has 2 N–H and O–H groups in total. The second-order valence-electron chi connectivity index (χ2n) is 2.88. The van der Waals surface area contributed by atoms with Crippen molar-refractivity contribution in [3.05, 3.63) is 12.2 Å². The van der Waals surface area contributed by atoms with Crippen molar-refractivity contribution < 1.29 is 9.53 Å². The monoisotopic (exact) mass is 217 g/mol. The summed E-state index contributed by atoms with van der Waals surface area (Å²) in [5.74, 6) is 0.569. The largest absolute Gasteiger partial charge is 0.463 e. The van der Waals surface area contributed by atoms with Gasteiger partial charge in [-0.15, -0.1) is 0 Å². The van der Waals surface area contributed by atoms with Crippen LogP contribution in [0.5, 0.6) is 0 Å². The van der Waals surface area contributed by atoms with Crippen LogP contribution in [0.3, 0.4) is 0 Å². The van der Waals surface area contributed by atoms with E-state index in [4.69, 9.17) is 10.5 Å². The Morgan fingerprint density at radius 3 is 2.93 bits per heavy atom. The minimum absolute atomic E-state index is 0.264. The second kappa shape index (κ2) is 9.09. The fraction of sp³-hybridized carbons (Fsp3) is 0.700. The van der Waals surface area contributed by atoms with Crippen LogP contribution in [0, 0.1) is 0 Å². The number of carbonyl (C=O) groups excluding carboxylic acids is 1. The summed E-state index contributed by atoms with van der Waals surface area (Å²) in [7, 11) is 0. The van der Waals surface area contributed by atoms with E-state index in [1.54, 1.807) is 18.7 Å². The van der Waals surface area contributed by atoms with Crippen LogP contribution in [0.15, 0.2) is 12.2 Å².